The molecule has 0 amide bonds. The average Bonchev–Trinajstić information content (AvgIpc) is 2.64. The summed E-state index contributed by atoms with van der Waals surface area (Å²) in [6, 6.07) is 29.6. The van der Waals surface area contributed by atoms with E-state index in [1.165, 1.54) is 22.3 Å². The monoisotopic (exact) mass is 316 g/mol. The molecule has 3 aromatic carbocycles. The van der Waals surface area contributed by atoms with Crippen molar-refractivity contribution in [2.75, 3.05) is 6.54 Å². The van der Waals surface area contributed by atoms with E-state index >= 15 is 0 Å². The van der Waals surface area contributed by atoms with Crippen LogP contribution in [-0.4, -0.2) is 6.54 Å². The van der Waals surface area contributed by atoms with Crippen molar-refractivity contribution >= 4 is 0 Å². The zero-order valence-corrected chi connectivity index (χ0v) is 13.8. The number of nitrogens with two attached hydrogens (primary N) is 2. The van der Waals surface area contributed by atoms with Crippen molar-refractivity contribution in [3.05, 3.63) is 107 Å². The number of benzene rings is 3. The van der Waals surface area contributed by atoms with Crippen molar-refractivity contribution in [1.82, 2.24) is 0 Å². The Balaban J connectivity index is 2.14. The Morgan fingerprint density at radius 3 is 1.58 bits per heavy atom. The molecular formula is C22H24N2. The molecule has 3 rings (SSSR count). The summed E-state index contributed by atoms with van der Waals surface area (Å²) in [4.78, 5) is 0. The van der Waals surface area contributed by atoms with E-state index in [1.807, 2.05) is 0 Å². The summed E-state index contributed by atoms with van der Waals surface area (Å²) in [5.41, 5.74) is 17.1. The van der Waals surface area contributed by atoms with Gasteiger partial charge in [0.15, 0.2) is 0 Å². The lowest BCUT2D eigenvalue weighted by Gasteiger charge is -2.24. The van der Waals surface area contributed by atoms with Crippen molar-refractivity contribution < 1.29 is 0 Å². The molecule has 4 N–H and O–H groups in total. The first kappa shape index (κ1) is 16.4. The molecule has 1 unspecified atom stereocenters. The van der Waals surface area contributed by atoms with E-state index in [0.29, 0.717) is 6.54 Å². The molecule has 1 atom stereocenters. The van der Waals surface area contributed by atoms with Crippen molar-refractivity contribution in [3.8, 4) is 0 Å². The summed E-state index contributed by atoms with van der Waals surface area (Å²) in [6.45, 7) is 0.594. The molecule has 0 aliphatic rings. The Bertz CT molecular complexity index is 714. The molecule has 2 nitrogen and oxygen atoms in total. The molecule has 0 aliphatic carbocycles. The second kappa shape index (κ2) is 7.91. The Morgan fingerprint density at radius 2 is 1.08 bits per heavy atom. The molecule has 0 saturated heterocycles. The summed E-state index contributed by atoms with van der Waals surface area (Å²) in [7, 11) is 0. The molecule has 0 aliphatic heterocycles. The predicted molar refractivity (Wildman–Crippen MR) is 101 cm³/mol. The van der Waals surface area contributed by atoms with Crippen LogP contribution in [0.3, 0.4) is 0 Å². The van der Waals surface area contributed by atoms with E-state index in [-0.39, 0.29) is 12.0 Å². The van der Waals surface area contributed by atoms with Crippen LogP contribution in [0.25, 0.3) is 0 Å². The largest absolute Gasteiger partial charge is 0.330 e. The van der Waals surface area contributed by atoms with E-state index in [4.69, 9.17) is 11.5 Å². The molecule has 2 heteroatoms. The Kier molecular flexibility index (Phi) is 5.42. The van der Waals surface area contributed by atoms with Crippen LogP contribution in [-0.2, 0) is 0 Å². The lowest BCUT2D eigenvalue weighted by molar-refractivity contribution is 0.652. The van der Waals surface area contributed by atoms with Gasteiger partial charge < -0.3 is 11.5 Å². The van der Waals surface area contributed by atoms with Crippen LogP contribution in [0, 0.1) is 0 Å². The van der Waals surface area contributed by atoms with Gasteiger partial charge in [-0.2, -0.15) is 0 Å². The molecule has 0 aromatic heterocycles. The van der Waals surface area contributed by atoms with E-state index in [0.717, 1.165) is 6.42 Å². The third kappa shape index (κ3) is 3.56. The van der Waals surface area contributed by atoms with Crippen LogP contribution in [0.2, 0.25) is 0 Å². The highest BCUT2D eigenvalue weighted by molar-refractivity contribution is 5.47. The van der Waals surface area contributed by atoms with E-state index < -0.39 is 0 Å². The summed E-state index contributed by atoms with van der Waals surface area (Å²) < 4.78 is 0. The highest BCUT2D eigenvalue weighted by atomic mass is 14.7. The average molecular weight is 316 g/mol. The summed E-state index contributed by atoms with van der Waals surface area (Å²) >= 11 is 0. The zero-order chi connectivity index (χ0) is 16.8. The number of hydrogen-bond donors (Lipinski definition) is 2. The smallest absolute Gasteiger partial charge is 0.0343 e. The van der Waals surface area contributed by atoms with Crippen molar-refractivity contribution in [2.24, 2.45) is 11.5 Å². The van der Waals surface area contributed by atoms with Gasteiger partial charge in [0.2, 0.25) is 0 Å². The standard InChI is InChI=1S/C22H24N2/c23-16-15-21(24)19-13-7-8-14-20(19)22(17-9-3-1-4-10-17)18-11-5-2-6-12-18/h1-14,21-22H,15-16,23-24H2. The van der Waals surface area contributed by atoms with E-state index in [2.05, 4.69) is 84.9 Å². The maximum atomic E-state index is 6.42. The van der Waals surface area contributed by atoms with Crippen molar-refractivity contribution in [3.63, 3.8) is 0 Å². The number of hydrogen-bond acceptors (Lipinski definition) is 2. The summed E-state index contributed by atoms with van der Waals surface area (Å²) in [6.07, 6.45) is 0.785. The van der Waals surface area contributed by atoms with E-state index in [1.54, 1.807) is 0 Å². The normalized spacial score (nSPS) is 12.3. The molecule has 0 bridgehead atoms. The molecule has 0 heterocycles. The molecular weight excluding hydrogens is 292 g/mol. The van der Waals surface area contributed by atoms with Gasteiger partial charge in [0, 0.05) is 12.0 Å². The summed E-state index contributed by atoms with van der Waals surface area (Å²) in [5, 5.41) is 0. The van der Waals surface area contributed by atoms with Crippen LogP contribution >= 0.6 is 0 Å². The van der Waals surface area contributed by atoms with Gasteiger partial charge in [-0.25, -0.2) is 0 Å². The fourth-order valence-corrected chi connectivity index (χ4v) is 3.29. The fourth-order valence-electron chi connectivity index (χ4n) is 3.29. The third-order valence-electron chi connectivity index (χ3n) is 4.45. The van der Waals surface area contributed by atoms with Crippen LogP contribution in [0.1, 0.15) is 40.6 Å². The minimum atomic E-state index is -0.0406. The second-order valence-corrected chi connectivity index (χ2v) is 6.07. The Labute approximate surface area is 144 Å². The van der Waals surface area contributed by atoms with E-state index in [9.17, 15) is 0 Å². The van der Waals surface area contributed by atoms with Gasteiger partial charge in [0.05, 0.1) is 0 Å². The van der Waals surface area contributed by atoms with Crippen LogP contribution in [0.5, 0.6) is 0 Å². The molecule has 0 fully saturated rings. The molecule has 0 saturated carbocycles. The van der Waals surface area contributed by atoms with Gasteiger partial charge in [-0.05, 0) is 35.2 Å². The van der Waals surface area contributed by atoms with Crippen LogP contribution < -0.4 is 11.5 Å². The molecule has 0 spiro atoms. The van der Waals surface area contributed by atoms with Crippen LogP contribution in [0.4, 0.5) is 0 Å². The highest BCUT2D eigenvalue weighted by Gasteiger charge is 2.21. The first-order chi connectivity index (χ1) is 11.8. The molecule has 24 heavy (non-hydrogen) atoms. The third-order valence-corrected chi connectivity index (χ3v) is 4.45. The zero-order valence-electron chi connectivity index (χ0n) is 13.8. The predicted octanol–water partition coefficient (Wildman–Crippen LogP) is 4.22. The minimum Gasteiger partial charge on any atom is -0.330 e. The topological polar surface area (TPSA) is 52.0 Å². The Hall–Kier alpha value is -2.42. The fraction of sp³-hybridized carbons (Fsp3) is 0.182. The minimum absolute atomic E-state index is 0.0406. The second-order valence-electron chi connectivity index (χ2n) is 6.07. The van der Waals surface area contributed by atoms with Crippen molar-refractivity contribution in [2.45, 2.75) is 18.4 Å². The van der Waals surface area contributed by atoms with Gasteiger partial charge in [0.25, 0.3) is 0 Å². The van der Waals surface area contributed by atoms with Crippen LogP contribution in [0.15, 0.2) is 84.9 Å². The van der Waals surface area contributed by atoms with Gasteiger partial charge in [-0.15, -0.1) is 0 Å². The van der Waals surface area contributed by atoms with Gasteiger partial charge in [-0.3, -0.25) is 0 Å². The molecule has 0 radical (unpaired) electrons. The first-order valence-corrected chi connectivity index (χ1v) is 8.45. The van der Waals surface area contributed by atoms with Gasteiger partial charge in [0.1, 0.15) is 0 Å². The first-order valence-electron chi connectivity index (χ1n) is 8.45. The SMILES string of the molecule is NCCC(N)c1ccccc1C(c1ccccc1)c1ccccc1. The maximum Gasteiger partial charge on any atom is 0.0343 e. The Morgan fingerprint density at radius 1 is 0.625 bits per heavy atom. The highest BCUT2D eigenvalue weighted by Crippen LogP contribution is 2.35. The quantitative estimate of drug-likeness (QED) is 0.669. The summed E-state index contributed by atoms with van der Waals surface area (Å²) in [5.74, 6) is 0.174. The van der Waals surface area contributed by atoms with Gasteiger partial charge >= 0.3 is 0 Å². The van der Waals surface area contributed by atoms with Gasteiger partial charge in [-0.1, -0.05) is 84.9 Å². The lowest BCUT2D eigenvalue weighted by atomic mass is 9.81. The lowest BCUT2D eigenvalue weighted by Crippen LogP contribution is -2.18. The van der Waals surface area contributed by atoms with Crippen molar-refractivity contribution in [1.29, 1.82) is 0 Å². The molecule has 3 aromatic rings. The molecule has 122 valence electrons. The maximum absolute atomic E-state index is 6.42. The number of rotatable bonds is 6.